The maximum Gasteiger partial charge on any atom is 0.254 e. The Morgan fingerprint density at radius 3 is 2.43 bits per heavy atom. The van der Waals surface area contributed by atoms with Crippen molar-refractivity contribution in [2.45, 2.75) is 13.1 Å². The van der Waals surface area contributed by atoms with Crippen molar-refractivity contribution in [2.24, 2.45) is 0 Å². The molecule has 0 bridgehead atoms. The van der Waals surface area contributed by atoms with E-state index in [9.17, 15) is 14.0 Å². The number of amides is 1. The van der Waals surface area contributed by atoms with E-state index in [1.165, 1.54) is 18.2 Å². The Balaban J connectivity index is 1.60. The quantitative estimate of drug-likeness (QED) is 0.461. The third kappa shape index (κ3) is 4.09. The predicted octanol–water partition coefficient (Wildman–Crippen LogP) is 4.64. The standard InChI is InChI=1S/C23H17ClFN3O2/c24-16-11-9-15(10-12-16)21(29)14-28-20-8-4-3-7-19(20)27-22(28)13-26-23(30)17-5-1-2-6-18(17)25/h1-12H,13-14H2,(H,26,30). The minimum Gasteiger partial charge on any atom is -0.345 e. The third-order valence-corrected chi connectivity index (χ3v) is 4.98. The average Bonchev–Trinajstić information content (AvgIpc) is 3.10. The number of carbonyl (C=O) groups excluding carboxylic acids is 2. The molecule has 0 saturated heterocycles. The van der Waals surface area contributed by atoms with E-state index in [1.54, 1.807) is 34.9 Å². The van der Waals surface area contributed by atoms with Crippen LogP contribution in [0.5, 0.6) is 0 Å². The lowest BCUT2D eigenvalue weighted by atomic mass is 10.1. The molecular formula is C23H17ClFN3O2. The summed E-state index contributed by atoms with van der Waals surface area (Å²) in [4.78, 5) is 29.7. The summed E-state index contributed by atoms with van der Waals surface area (Å²) < 4.78 is 15.6. The molecule has 0 aliphatic heterocycles. The first-order chi connectivity index (χ1) is 14.5. The second-order valence-electron chi connectivity index (χ2n) is 6.70. The minimum atomic E-state index is -0.596. The van der Waals surface area contributed by atoms with Crippen LogP contribution in [-0.2, 0) is 13.1 Å². The smallest absolute Gasteiger partial charge is 0.254 e. The number of carbonyl (C=O) groups is 2. The molecule has 3 aromatic carbocycles. The molecule has 1 N–H and O–H groups in total. The van der Waals surface area contributed by atoms with Crippen LogP contribution in [0, 0.1) is 5.82 Å². The molecule has 0 spiro atoms. The number of Topliss-reactive ketones (excluding diaryl/α,β-unsaturated/α-hetero) is 1. The summed E-state index contributed by atoms with van der Waals surface area (Å²) in [5, 5.41) is 3.24. The van der Waals surface area contributed by atoms with E-state index >= 15 is 0 Å². The van der Waals surface area contributed by atoms with Crippen LogP contribution in [0.2, 0.25) is 5.02 Å². The summed E-state index contributed by atoms with van der Waals surface area (Å²) in [6.07, 6.45) is 0. The molecule has 1 heterocycles. The summed E-state index contributed by atoms with van der Waals surface area (Å²) >= 11 is 5.90. The Hall–Kier alpha value is -3.51. The van der Waals surface area contributed by atoms with Gasteiger partial charge in [0.05, 0.1) is 29.7 Å². The number of nitrogens with one attached hydrogen (secondary N) is 1. The molecular weight excluding hydrogens is 405 g/mol. The van der Waals surface area contributed by atoms with E-state index in [0.717, 1.165) is 5.52 Å². The summed E-state index contributed by atoms with van der Waals surface area (Å²) in [5.74, 6) is -0.753. The topological polar surface area (TPSA) is 64.0 Å². The van der Waals surface area contributed by atoms with Crippen molar-refractivity contribution in [3.8, 4) is 0 Å². The van der Waals surface area contributed by atoms with Gasteiger partial charge in [0.2, 0.25) is 0 Å². The Labute approximate surface area is 177 Å². The Kier molecular flexibility index (Phi) is 5.59. The molecule has 4 aromatic rings. The van der Waals surface area contributed by atoms with Crippen molar-refractivity contribution in [3.05, 3.63) is 101 Å². The first kappa shape index (κ1) is 19.8. The molecule has 150 valence electrons. The third-order valence-electron chi connectivity index (χ3n) is 4.73. The molecule has 4 rings (SSSR count). The van der Waals surface area contributed by atoms with E-state index in [4.69, 9.17) is 11.6 Å². The predicted molar refractivity (Wildman–Crippen MR) is 113 cm³/mol. The molecule has 0 saturated carbocycles. The molecule has 0 fully saturated rings. The van der Waals surface area contributed by atoms with Crippen molar-refractivity contribution in [2.75, 3.05) is 0 Å². The highest BCUT2D eigenvalue weighted by molar-refractivity contribution is 6.30. The van der Waals surface area contributed by atoms with Gasteiger partial charge < -0.3 is 9.88 Å². The van der Waals surface area contributed by atoms with Crippen LogP contribution >= 0.6 is 11.6 Å². The highest BCUT2D eigenvalue weighted by atomic mass is 35.5. The molecule has 0 aliphatic carbocycles. The normalized spacial score (nSPS) is 10.9. The molecule has 30 heavy (non-hydrogen) atoms. The number of hydrogen-bond donors (Lipinski definition) is 1. The van der Waals surface area contributed by atoms with Gasteiger partial charge in [-0.2, -0.15) is 0 Å². The maximum absolute atomic E-state index is 13.9. The van der Waals surface area contributed by atoms with Gasteiger partial charge in [-0.3, -0.25) is 9.59 Å². The monoisotopic (exact) mass is 421 g/mol. The number of para-hydroxylation sites is 2. The second-order valence-corrected chi connectivity index (χ2v) is 7.13. The largest absolute Gasteiger partial charge is 0.345 e. The number of ketones is 1. The number of rotatable bonds is 6. The van der Waals surface area contributed by atoms with E-state index in [0.29, 0.717) is 21.9 Å². The van der Waals surface area contributed by atoms with Crippen molar-refractivity contribution in [3.63, 3.8) is 0 Å². The summed E-state index contributed by atoms with van der Waals surface area (Å²) in [5.41, 5.74) is 1.96. The Morgan fingerprint density at radius 2 is 1.67 bits per heavy atom. The van der Waals surface area contributed by atoms with E-state index < -0.39 is 11.7 Å². The fourth-order valence-corrected chi connectivity index (χ4v) is 3.33. The SMILES string of the molecule is O=C(Cn1c(CNC(=O)c2ccccc2F)nc2ccccc21)c1ccc(Cl)cc1. The Morgan fingerprint density at radius 1 is 0.967 bits per heavy atom. The van der Waals surface area contributed by atoms with Crippen molar-refractivity contribution < 1.29 is 14.0 Å². The van der Waals surface area contributed by atoms with Gasteiger partial charge in [-0.1, -0.05) is 35.9 Å². The van der Waals surface area contributed by atoms with Crippen LogP contribution in [0.1, 0.15) is 26.5 Å². The molecule has 5 nitrogen and oxygen atoms in total. The van der Waals surface area contributed by atoms with Crippen LogP contribution < -0.4 is 5.32 Å². The fourth-order valence-electron chi connectivity index (χ4n) is 3.21. The van der Waals surface area contributed by atoms with Crippen molar-refractivity contribution in [1.82, 2.24) is 14.9 Å². The molecule has 1 aromatic heterocycles. The van der Waals surface area contributed by atoms with Crippen molar-refractivity contribution >= 4 is 34.3 Å². The first-order valence-corrected chi connectivity index (χ1v) is 9.66. The minimum absolute atomic E-state index is 0.0441. The molecule has 1 amide bonds. The number of benzene rings is 3. The highest BCUT2D eigenvalue weighted by Crippen LogP contribution is 2.18. The van der Waals surface area contributed by atoms with Crippen LogP contribution in [0.3, 0.4) is 0 Å². The number of halogens is 2. The van der Waals surface area contributed by atoms with E-state index in [-0.39, 0.29) is 24.4 Å². The number of aromatic nitrogens is 2. The van der Waals surface area contributed by atoms with Crippen LogP contribution in [0.25, 0.3) is 11.0 Å². The lowest BCUT2D eigenvalue weighted by Gasteiger charge is -2.10. The van der Waals surface area contributed by atoms with E-state index in [1.807, 2.05) is 24.3 Å². The zero-order chi connectivity index (χ0) is 21.1. The van der Waals surface area contributed by atoms with Crippen LogP contribution in [0.15, 0.2) is 72.8 Å². The average molecular weight is 422 g/mol. The van der Waals surface area contributed by atoms with Crippen LogP contribution in [0.4, 0.5) is 4.39 Å². The number of hydrogen-bond acceptors (Lipinski definition) is 3. The zero-order valence-corrected chi connectivity index (χ0v) is 16.6. The lowest BCUT2D eigenvalue weighted by Crippen LogP contribution is -2.26. The van der Waals surface area contributed by atoms with E-state index in [2.05, 4.69) is 10.3 Å². The van der Waals surface area contributed by atoms with Gasteiger partial charge in [-0.15, -0.1) is 0 Å². The van der Waals surface area contributed by atoms with Gasteiger partial charge in [0.1, 0.15) is 11.6 Å². The van der Waals surface area contributed by atoms with Gasteiger partial charge in [0.15, 0.2) is 5.78 Å². The molecule has 0 aliphatic rings. The lowest BCUT2D eigenvalue weighted by molar-refractivity contribution is 0.0945. The Bertz CT molecular complexity index is 1230. The number of imidazole rings is 1. The van der Waals surface area contributed by atoms with Gasteiger partial charge in [-0.05, 0) is 48.5 Å². The summed E-state index contributed by atoms with van der Waals surface area (Å²) in [7, 11) is 0. The molecule has 0 unspecified atom stereocenters. The van der Waals surface area contributed by atoms with Gasteiger partial charge in [0.25, 0.3) is 5.91 Å². The highest BCUT2D eigenvalue weighted by Gasteiger charge is 2.17. The second kappa shape index (κ2) is 8.47. The van der Waals surface area contributed by atoms with Gasteiger partial charge in [0, 0.05) is 10.6 Å². The van der Waals surface area contributed by atoms with Gasteiger partial charge >= 0.3 is 0 Å². The molecule has 0 radical (unpaired) electrons. The summed E-state index contributed by atoms with van der Waals surface area (Å²) in [6.45, 7) is 0.1000. The fraction of sp³-hybridized carbons (Fsp3) is 0.0870. The molecule has 0 atom stereocenters. The maximum atomic E-state index is 13.9. The van der Waals surface area contributed by atoms with Crippen molar-refractivity contribution in [1.29, 1.82) is 0 Å². The van der Waals surface area contributed by atoms with Crippen LogP contribution in [-0.4, -0.2) is 21.2 Å². The summed E-state index contributed by atoms with van der Waals surface area (Å²) in [6, 6.07) is 19.8. The van der Waals surface area contributed by atoms with Gasteiger partial charge in [-0.25, -0.2) is 9.37 Å². The number of nitrogens with zero attached hydrogens (tertiary/aromatic N) is 2. The zero-order valence-electron chi connectivity index (χ0n) is 15.8. The first-order valence-electron chi connectivity index (χ1n) is 9.28. The number of fused-ring (bicyclic) bond motifs is 1. The molecule has 7 heteroatoms.